The zero-order valence-corrected chi connectivity index (χ0v) is 33.9. The Bertz CT molecular complexity index is 2430. The summed E-state index contributed by atoms with van der Waals surface area (Å²) in [6, 6.07) is 15.6. The fourth-order valence-electron chi connectivity index (χ4n) is 10.2. The van der Waals surface area contributed by atoms with Crippen LogP contribution in [0.25, 0.3) is 5.52 Å². The maximum absolute atomic E-state index is 15.3. The number of fused-ring (bicyclic) bond motifs is 1. The first kappa shape index (κ1) is 39.6. The standard InChI is InChI=1S/C44H50FN11O4/c1-42(2,60)32-20-34(47)28(18-36(32)51-41(59)38-7-4-31-17-27(21-46)22-49-56(31)38)23-48-43-24-44(25-43,26-43)55-15-13-53(14-16-55)30-9-11-54(12-10-30)37-6-3-29(19-33(37)45)50-35-5-8-39(57)52-40(35)58/h3-4,6-7,17-20,22-23,30,35,50,60H,5,8-16,24-26,47H2,1-2H3,(H,51,59)(H,52,57,58)/p+1. The molecule has 6 aliphatic rings. The maximum Gasteiger partial charge on any atom is 0.274 e. The van der Waals surface area contributed by atoms with E-state index in [1.807, 2.05) is 6.21 Å². The van der Waals surface area contributed by atoms with Gasteiger partial charge in [0, 0.05) is 99.2 Å². The van der Waals surface area contributed by atoms with Gasteiger partial charge in [0.15, 0.2) is 11.8 Å². The van der Waals surface area contributed by atoms with Crippen molar-refractivity contribution in [2.75, 3.05) is 60.5 Å². The van der Waals surface area contributed by atoms with E-state index in [2.05, 4.69) is 46.8 Å². The van der Waals surface area contributed by atoms with Crippen LogP contribution in [0.2, 0.25) is 0 Å². The third-order valence-electron chi connectivity index (χ3n) is 13.4. The summed E-state index contributed by atoms with van der Waals surface area (Å²) in [6.07, 6.45) is 9.09. The number of aliphatic hydroxyl groups is 1. The van der Waals surface area contributed by atoms with Crippen LogP contribution in [0.15, 0.2) is 54.7 Å². The number of imide groups is 1. The Kier molecular flexibility index (Phi) is 9.88. The molecule has 3 amide bonds. The van der Waals surface area contributed by atoms with Gasteiger partial charge in [0.1, 0.15) is 23.6 Å². The average Bonchev–Trinajstić information content (AvgIpc) is 3.62. The highest BCUT2D eigenvalue weighted by Gasteiger charge is 2.74. The van der Waals surface area contributed by atoms with Crippen molar-refractivity contribution in [1.82, 2.24) is 24.7 Å². The van der Waals surface area contributed by atoms with E-state index in [4.69, 9.17) is 5.73 Å². The molecule has 7 N–H and O–H groups in total. The number of nitrogen functional groups attached to an aromatic ring is 1. The van der Waals surface area contributed by atoms with Crippen molar-refractivity contribution < 1.29 is 28.9 Å². The number of aromatic nitrogens is 2. The molecule has 3 saturated carbocycles. The molecule has 2 aromatic heterocycles. The first-order valence-electron chi connectivity index (χ1n) is 20.8. The minimum Gasteiger partial charge on any atom is -0.398 e. The van der Waals surface area contributed by atoms with Crippen LogP contribution >= 0.6 is 0 Å². The van der Waals surface area contributed by atoms with Gasteiger partial charge in [-0.15, -0.1) is 0 Å². The Labute approximate surface area is 347 Å². The van der Waals surface area contributed by atoms with Gasteiger partial charge in [-0.25, -0.2) is 13.9 Å². The molecule has 0 spiro atoms. The van der Waals surface area contributed by atoms with Crippen molar-refractivity contribution in [2.45, 2.75) is 87.6 Å². The van der Waals surface area contributed by atoms with E-state index in [-0.39, 0.29) is 35.1 Å². The molecule has 1 unspecified atom stereocenters. The van der Waals surface area contributed by atoms with Crippen LogP contribution in [-0.4, -0.2) is 111 Å². The van der Waals surface area contributed by atoms with Crippen LogP contribution < -0.4 is 31.6 Å². The first-order valence-corrected chi connectivity index (χ1v) is 20.8. The molecule has 2 bridgehead atoms. The van der Waals surface area contributed by atoms with Crippen molar-refractivity contribution in [3.63, 3.8) is 0 Å². The first-order chi connectivity index (χ1) is 28.7. The molecule has 0 radical (unpaired) electrons. The lowest BCUT2D eigenvalue weighted by Crippen LogP contribution is -3.01. The van der Waals surface area contributed by atoms with Gasteiger partial charge in [0.05, 0.1) is 34.1 Å². The van der Waals surface area contributed by atoms with E-state index in [0.717, 1.165) is 76.9 Å². The summed E-state index contributed by atoms with van der Waals surface area (Å²) in [5.41, 5.74) is 10.0. The summed E-state index contributed by atoms with van der Waals surface area (Å²) >= 11 is 0. The number of piperidine rings is 2. The van der Waals surface area contributed by atoms with E-state index in [1.165, 1.54) is 16.8 Å². The average molecular weight is 817 g/mol. The minimum atomic E-state index is -1.28. The molecule has 3 aliphatic carbocycles. The van der Waals surface area contributed by atoms with Gasteiger partial charge in [-0.1, -0.05) is 0 Å². The van der Waals surface area contributed by atoms with Crippen molar-refractivity contribution in [1.29, 1.82) is 5.26 Å². The highest BCUT2D eigenvalue weighted by atomic mass is 19.1. The SMILES string of the molecule is CC(C)(O)c1cc(N)c(C=[NH+]C23CC(N4CCN(C5CCN(c6ccc(NC7CCC(=O)NC7=O)cc6F)CC5)CC4)(C2)C3)cc1NC(=O)c1ccc2cc(C#N)cnn12. The van der Waals surface area contributed by atoms with Crippen molar-refractivity contribution >= 4 is 52.2 Å². The number of hydrogen-bond acceptors (Lipinski definition) is 11. The molecule has 10 rings (SSSR count). The van der Waals surface area contributed by atoms with Crippen LogP contribution in [0.4, 0.5) is 27.1 Å². The Morgan fingerprint density at radius 2 is 1.80 bits per heavy atom. The Balaban J connectivity index is 0.770. The van der Waals surface area contributed by atoms with Gasteiger partial charge >= 0.3 is 0 Å². The number of rotatable bonds is 10. The molecule has 15 nitrogen and oxygen atoms in total. The predicted molar refractivity (Wildman–Crippen MR) is 224 cm³/mol. The van der Waals surface area contributed by atoms with Crippen LogP contribution in [0.3, 0.4) is 0 Å². The second-order valence-corrected chi connectivity index (χ2v) is 17.8. The van der Waals surface area contributed by atoms with Gasteiger partial charge < -0.3 is 26.4 Å². The van der Waals surface area contributed by atoms with Crippen LogP contribution in [0, 0.1) is 17.1 Å². The van der Waals surface area contributed by atoms with Gasteiger partial charge in [-0.05, 0) is 81.6 Å². The van der Waals surface area contributed by atoms with Crippen molar-refractivity contribution in [3.8, 4) is 6.07 Å². The molecular formula is C44H51FN11O4+. The Hall–Kier alpha value is -5.89. The largest absolute Gasteiger partial charge is 0.398 e. The normalized spacial score (nSPS) is 25.1. The second kappa shape index (κ2) is 15.0. The second-order valence-electron chi connectivity index (χ2n) is 17.8. The summed E-state index contributed by atoms with van der Waals surface area (Å²) in [5.74, 6) is -1.38. The molecule has 3 saturated heterocycles. The van der Waals surface area contributed by atoms with E-state index in [0.29, 0.717) is 57.5 Å². The number of anilines is 4. The monoisotopic (exact) mass is 816 g/mol. The third kappa shape index (κ3) is 7.35. The Morgan fingerprint density at radius 3 is 2.48 bits per heavy atom. The molecule has 5 heterocycles. The lowest BCUT2D eigenvalue weighted by molar-refractivity contribution is -0.621. The maximum atomic E-state index is 15.3. The quantitative estimate of drug-likeness (QED) is 0.0779. The predicted octanol–water partition coefficient (Wildman–Crippen LogP) is 2.09. The zero-order chi connectivity index (χ0) is 42.0. The zero-order valence-electron chi connectivity index (χ0n) is 33.9. The van der Waals surface area contributed by atoms with Gasteiger partial charge in [0.2, 0.25) is 11.8 Å². The summed E-state index contributed by atoms with van der Waals surface area (Å²) in [6.45, 7) is 8.94. The molecule has 16 heteroatoms. The number of nitriles is 1. The number of amides is 3. The number of nitrogens with one attached hydrogen (secondary N) is 4. The van der Waals surface area contributed by atoms with Crippen molar-refractivity contribution in [2.24, 2.45) is 0 Å². The van der Waals surface area contributed by atoms with Crippen LogP contribution in [0.5, 0.6) is 0 Å². The number of carbonyl (C=O) groups is 3. The van der Waals surface area contributed by atoms with Crippen LogP contribution in [-0.2, 0) is 15.2 Å². The topological polar surface area (TPSA) is 198 Å². The fraction of sp³-hybridized carbons (Fsp3) is 0.455. The lowest BCUT2D eigenvalue weighted by Gasteiger charge is -2.69. The number of piperazine rings is 1. The van der Waals surface area contributed by atoms with Gasteiger partial charge in [0.25, 0.3) is 5.91 Å². The molecule has 3 aliphatic heterocycles. The number of halogens is 1. The number of hydrogen-bond donors (Lipinski definition) is 6. The highest BCUT2D eigenvalue weighted by Crippen LogP contribution is 2.61. The number of nitrogens with zero attached hydrogens (tertiary/aromatic N) is 6. The number of benzene rings is 2. The lowest BCUT2D eigenvalue weighted by atomic mass is 9.43. The van der Waals surface area contributed by atoms with E-state index in [1.54, 1.807) is 56.3 Å². The minimum absolute atomic E-state index is 0.00199. The number of carbonyl (C=O) groups excluding carboxylic acids is 3. The smallest absolute Gasteiger partial charge is 0.274 e. The highest BCUT2D eigenvalue weighted by molar-refractivity contribution is 6.05. The fourth-order valence-corrected chi connectivity index (χ4v) is 10.2. The third-order valence-corrected chi connectivity index (χ3v) is 13.4. The van der Waals surface area contributed by atoms with Gasteiger partial charge in [-0.2, -0.15) is 10.4 Å². The van der Waals surface area contributed by atoms with E-state index < -0.39 is 17.6 Å². The summed E-state index contributed by atoms with van der Waals surface area (Å²) in [5, 5.41) is 32.9. The molecule has 60 heavy (non-hydrogen) atoms. The summed E-state index contributed by atoms with van der Waals surface area (Å²) < 4.78 is 16.8. The molecule has 1 atom stereocenters. The Morgan fingerprint density at radius 1 is 1.05 bits per heavy atom. The van der Waals surface area contributed by atoms with E-state index in [9.17, 15) is 24.8 Å². The molecule has 312 valence electrons. The van der Waals surface area contributed by atoms with E-state index >= 15 is 4.39 Å². The molecular weight excluding hydrogens is 766 g/mol. The van der Waals surface area contributed by atoms with Crippen LogP contribution in [0.1, 0.15) is 86.0 Å². The summed E-state index contributed by atoms with van der Waals surface area (Å²) in [4.78, 5) is 48.2. The van der Waals surface area contributed by atoms with Crippen molar-refractivity contribution in [3.05, 3.63) is 82.9 Å². The van der Waals surface area contributed by atoms with Gasteiger partial charge in [-0.3, -0.25) is 29.5 Å². The summed E-state index contributed by atoms with van der Waals surface area (Å²) in [7, 11) is 0. The molecule has 2 aromatic carbocycles. The molecule has 6 fully saturated rings. The number of nitrogens with two attached hydrogens (primary N) is 1. The molecule has 4 aromatic rings.